The molecule has 0 atom stereocenters. The quantitative estimate of drug-likeness (QED) is 0.544. The zero-order valence-electron chi connectivity index (χ0n) is 9.39. The Bertz CT molecular complexity index is 762. The van der Waals surface area contributed by atoms with Gasteiger partial charge in [0.25, 0.3) is 0 Å². The van der Waals surface area contributed by atoms with Gasteiger partial charge in [-0.3, -0.25) is 0 Å². The molecule has 1 aromatic heterocycles. The van der Waals surface area contributed by atoms with Crippen LogP contribution in [0.5, 0.6) is 0 Å². The number of fused-ring (bicyclic) bond motifs is 1. The first-order chi connectivity index (χ1) is 8.77. The van der Waals surface area contributed by atoms with Gasteiger partial charge in [0.15, 0.2) is 5.76 Å². The monoisotopic (exact) mass is 272 g/mol. The van der Waals surface area contributed by atoms with Gasteiger partial charge in [-0.15, -0.1) is 0 Å². The molecule has 1 heterocycles. The first kappa shape index (κ1) is 11.5. The highest BCUT2D eigenvalue weighted by atomic mass is 35.5. The number of rotatable bonds is 1. The van der Waals surface area contributed by atoms with E-state index in [1.54, 1.807) is 0 Å². The van der Waals surface area contributed by atoms with E-state index in [1.165, 1.54) is 0 Å². The van der Waals surface area contributed by atoms with Crippen molar-refractivity contribution in [3.05, 3.63) is 64.1 Å². The minimum atomic E-state index is 0.495. The molecule has 1 nitrogen and oxygen atoms in total. The van der Waals surface area contributed by atoms with E-state index >= 15 is 0 Å². The molecule has 0 spiro atoms. The first-order valence-corrected chi connectivity index (χ1v) is 6.33. The largest absolute Gasteiger partial charge is 0.454 e. The van der Waals surface area contributed by atoms with Gasteiger partial charge in [-0.1, -0.05) is 66.3 Å². The maximum atomic E-state index is 6.31. The molecule has 0 aliphatic heterocycles. The van der Waals surface area contributed by atoms with Gasteiger partial charge in [0.1, 0.15) is 10.6 Å². The molecule has 0 amide bonds. The van der Waals surface area contributed by atoms with Gasteiger partial charge >= 0.3 is 0 Å². The summed E-state index contributed by atoms with van der Waals surface area (Å²) < 4.78 is 6.50. The summed E-state index contributed by atoms with van der Waals surface area (Å²) in [6, 6.07) is 17.4. The second kappa shape index (κ2) is 4.56. The molecule has 3 aromatic rings. The molecular formula is C15H9ClOS. The lowest BCUT2D eigenvalue weighted by atomic mass is 10.1. The third-order valence-electron chi connectivity index (χ3n) is 2.78. The molecule has 3 rings (SSSR count). The Morgan fingerprint density at radius 1 is 0.889 bits per heavy atom. The highest BCUT2D eigenvalue weighted by Crippen LogP contribution is 2.33. The molecule has 0 N–H and O–H groups in total. The summed E-state index contributed by atoms with van der Waals surface area (Å²) in [6.07, 6.45) is 0. The molecule has 0 radical (unpaired) electrons. The van der Waals surface area contributed by atoms with Crippen molar-refractivity contribution in [3.63, 3.8) is 0 Å². The van der Waals surface area contributed by atoms with Crippen LogP contribution >= 0.6 is 23.8 Å². The van der Waals surface area contributed by atoms with E-state index < -0.39 is 0 Å². The minimum absolute atomic E-state index is 0.495. The summed E-state index contributed by atoms with van der Waals surface area (Å²) in [6.45, 7) is 0. The molecule has 18 heavy (non-hydrogen) atoms. The van der Waals surface area contributed by atoms with Crippen LogP contribution in [0.2, 0.25) is 5.02 Å². The Hall–Kier alpha value is -1.64. The molecule has 0 bridgehead atoms. The van der Waals surface area contributed by atoms with Crippen molar-refractivity contribution >= 4 is 34.8 Å². The average molecular weight is 273 g/mol. The normalized spacial score (nSPS) is 10.7. The minimum Gasteiger partial charge on any atom is -0.454 e. The van der Waals surface area contributed by atoms with Crippen LogP contribution in [0.4, 0.5) is 0 Å². The smallest absolute Gasteiger partial charge is 0.154 e. The van der Waals surface area contributed by atoms with E-state index in [1.807, 2.05) is 54.6 Å². The predicted octanol–water partition coefficient (Wildman–Crippen LogP) is 5.48. The first-order valence-electron chi connectivity index (χ1n) is 5.54. The van der Waals surface area contributed by atoms with Gasteiger partial charge in [0.05, 0.1) is 4.51 Å². The van der Waals surface area contributed by atoms with E-state index in [4.69, 9.17) is 28.2 Å². The van der Waals surface area contributed by atoms with E-state index in [0.717, 1.165) is 16.5 Å². The van der Waals surface area contributed by atoms with Gasteiger partial charge < -0.3 is 4.42 Å². The lowest BCUT2D eigenvalue weighted by molar-refractivity contribution is 0.620. The molecule has 0 saturated carbocycles. The summed E-state index contributed by atoms with van der Waals surface area (Å²) in [7, 11) is 0. The van der Waals surface area contributed by atoms with Crippen LogP contribution < -0.4 is 0 Å². The Morgan fingerprint density at radius 3 is 2.33 bits per heavy atom. The van der Waals surface area contributed by atoms with Gasteiger partial charge in [0.2, 0.25) is 0 Å². The lowest BCUT2D eigenvalue weighted by Crippen LogP contribution is -1.83. The number of hydrogen-bond donors (Lipinski definition) is 0. The van der Waals surface area contributed by atoms with Gasteiger partial charge in [-0.05, 0) is 12.1 Å². The van der Waals surface area contributed by atoms with Crippen LogP contribution in [0.1, 0.15) is 0 Å². The third kappa shape index (κ3) is 1.84. The molecule has 88 valence electrons. The Kier molecular flexibility index (Phi) is 2.90. The summed E-state index contributed by atoms with van der Waals surface area (Å²) in [5.41, 5.74) is 1.69. The molecule has 0 saturated heterocycles. The average Bonchev–Trinajstić information content (AvgIpc) is 2.44. The number of benzene rings is 2. The summed E-state index contributed by atoms with van der Waals surface area (Å²) in [5.74, 6) is 0.626. The van der Waals surface area contributed by atoms with Crippen LogP contribution in [0, 0.1) is 4.51 Å². The maximum absolute atomic E-state index is 6.31. The molecule has 2 aromatic carbocycles. The van der Waals surface area contributed by atoms with Crippen molar-refractivity contribution in [1.82, 2.24) is 0 Å². The van der Waals surface area contributed by atoms with Crippen LogP contribution in [-0.4, -0.2) is 0 Å². The van der Waals surface area contributed by atoms with E-state index in [0.29, 0.717) is 15.3 Å². The summed E-state index contributed by atoms with van der Waals surface area (Å²) in [5, 5.41) is 1.37. The van der Waals surface area contributed by atoms with Crippen LogP contribution in [-0.2, 0) is 0 Å². The van der Waals surface area contributed by atoms with Crippen LogP contribution in [0.3, 0.4) is 0 Å². The predicted molar refractivity (Wildman–Crippen MR) is 77.5 cm³/mol. The van der Waals surface area contributed by atoms with Crippen molar-refractivity contribution in [2.45, 2.75) is 0 Å². The van der Waals surface area contributed by atoms with E-state index in [-0.39, 0.29) is 0 Å². The SMILES string of the molecule is S=c1c(Cl)c(-c2ccccc2)oc2ccccc12. The maximum Gasteiger partial charge on any atom is 0.154 e. The second-order valence-corrected chi connectivity index (χ2v) is 4.72. The fourth-order valence-corrected chi connectivity index (χ4v) is 2.41. The number of para-hydroxylation sites is 1. The van der Waals surface area contributed by atoms with E-state index in [2.05, 4.69) is 0 Å². The molecule has 0 aliphatic carbocycles. The van der Waals surface area contributed by atoms with Crippen molar-refractivity contribution in [2.24, 2.45) is 0 Å². The zero-order valence-corrected chi connectivity index (χ0v) is 11.0. The second-order valence-electron chi connectivity index (χ2n) is 3.94. The van der Waals surface area contributed by atoms with E-state index in [9.17, 15) is 0 Å². The van der Waals surface area contributed by atoms with Crippen molar-refractivity contribution in [3.8, 4) is 11.3 Å². The van der Waals surface area contributed by atoms with Crippen molar-refractivity contribution < 1.29 is 4.42 Å². The third-order valence-corrected chi connectivity index (χ3v) is 3.68. The molecule has 3 heteroatoms. The fourth-order valence-electron chi connectivity index (χ4n) is 1.89. The standard InChI is InChI=1S/C15H9ClOS/c16-13-14(10-6-2-1-3-7-10)17-12-9-5-4-8-11(12)15(13)18/h1-9H. The molecule has 0 unspecified atom stereocenters. The Labute approximate surface area is 115 Å². The topological polar surface area (TPSA) is 13.1 Å². The van der Waals surface area contributed by atoms with Gasteiger partial charge in [-0.2, -0.15) is 0 Å². The van der Waals surface area contributed by atoms with Crippen LogP contribution in [0.15, 0.2) is 59.0 Å². The molecular weight excluding hydrogens is 264 g/mol. The van der Waals surface area contributed by atoms with Crippen molar-refractivity contribution in [2.75, 3.05) is 0 Å². The van der Waals surface area contributed by atoms with Gasteiger partial charge in [0, 0.05) is 10.9 Å². The lowest BCUT2D eigenvalue weighted by Gasteiger charge is -2.06. The zero-order chi connectivity index (χ0) is 12.5. The molecule has 0 fully saturated rings. The number of halogens is 1. The van der Waals surface area contributed by atoms with Gasteiger partial charge in [-0.25, -0.2) is 0 Å². The Morgan fingerprint density at radius 2 is 1.56 bits per heavy atom. The summed E-state index contributed by atoms with van der Waals surface area (Å²) in [4.78, 5) is 0. The highest BCUT2D eigenvalue weighted by molar-refractivity contribution is 7.71. The summed E-state index contributed by atoms with van der Waals surface area (Å²) >= 11 is 11.7. The highest BCUT2D eigenvalue weighted by Gasteiger charge is 2.11. The fraction of sp³-hybridized carbons (Fsp3) is 0. The number of hydrogen-bond acceptors (Lipinski definition) is 2. The van der Waals surface area contributed by atoms with Crippen molar-refractivity contribution in [1.29, 1.82) is 0 Å². The Balaban J connectivity index is 2.38. The van der Waals surface area contributed by atoms with Crippen LogP contribution in [0.25, 0.3) is 22.3 Å². The molecule has 0 aliphatic rings.